The number of likely N-dealkylation sites (tertiary alicyclic amines) is 1. The van der Waals surface area contributed by atoms with Gasteiger partial charge >= 0.3 is 0 Å². The number of nitrogens with zero attached hydrogens (tertiary/aromatic N) is 1. The number of hydrogen-bond donors (Lipinski definition) is 1. The summed E-state index contributed by atoms with van der Waals surface area (Å²) in [6.07, 6.45) is 3.09. The summed E-state index contributed by atoms with van der Waals surface area (Å²) in [5.41, 5.74) is -0.0246. The molecule has 3 nitrogen and oxygen atoms in total. The van der Waals surface area contributed by atoms with Crippen LogP contribution in [0.5, 0.6) is 0 Å². The van der Waals surface area contributed by atoms with Crippen LogP contribution in [0.1, 0.15) is 40.0 Å². The average molecular weight is 196 g/mol. The summed E-state index contributed by atoms with van der Waals surface area (Å²) in [5.74, 6) is 0.317. The number of carbonyl (C=O) groups is 1. The first-order valence-electron chi connectivity index (χ1n) is 5.53. The van der Waals surface area contributed by atoms with Crippen LogP contribution in [0.3, 0.4) is 0 Å². The molecule has 3 heteroatoms. The number of rotatable bonds is 0. The molecule has 0 unspecified atom stereocenters. The summed E-state index contributed by atoms with van der Waals surface area (Å²) in [4.78, 5) is 14.0. The van der Waals surface area contributed by atoms with Crippen molar-refractivity contribution in [2.24, 2.45) is 0 Å². The lowest BCUT2D eigenvalue weighted by atomic mass is 10.0. The van der Waals surface area contributed by atoms with Crippen molar-refractivity contribution in [1.82, 2.24) is 10.2 Å². The van der Waals surface area contributed by atoms with Crippen LogP contribution in [-0.2, 0) is 4.79 Å². The van der Waals surface area contributed by atoms with Crippen LogP contribution < -0.4 is 5.32 Å². The van der Waals surface area contributed by atoms with Crippen molar-refractivity contribution in [3.8, 4) is 0 Å². The van der Waals surface area contributed by atoms with Crippen LogP contribution >= 0.6 is 0 Å². The normalized spacial score (nSPS) is 33.4. The second-order valence-electron chi connectivity index (χ2n) is 5.52. The van der Waals surface area contributed by atoms with Crippen molar-refractivity contribution in [3.05, 3.63) is 0 Å². The van der Waals surface area contributed by atoms with E-state index >= 15 is 0 Å². The zero-order valence-corrected chi connectivity index (χ0v) is 9.34. The molecule has 80 valence electrons. The van der Waals surface area contributed by atoms with Crippen molar-refractivity contribution in [2.45, 2.75) is 57.7 Å². The van der Waals surface area contributed by atoms with E-state index < -0.39 is 0 Å². The number of fused-ring (bicyclic) bond motifs is 2. The zero-order valence-electron chi connectivity index (χ0n) is 9.34. The Hall–Kier alpha value is -0.570. The number of hydrogen-bond acceptors (Lipinski definition) is 2. The fourth-order valence-electron chi connectivity index (χ4n) is 2.50. The highest BCUT2D eigenvalue weighted by Gasteiger charge is 2.37. The Labute approximate surface area is 85.8 Å². The summed E-state index contributed by atoms with van der Waals surface area (Å²) in [6.45, 7) is 7.23. The molecule has 0 aromatic heterocycles. The van der Waals surface area contributed by atoms with Crippen molar-refractivity contribution < 1.29 is 4.79 Å². The lowest BCUT2D eigenvalue weighted by molar-refractivity contribution is -0.136. The van der Waals surface area contributed by atoms with Gasteiger partial charge in [0.2, 0.25) is 5.91 Å². The first-order chi connectivity index (χ1) is 6.47. The molecule has 2 fully saturated rings. The monoisotopic (exact) mass is 196 g/mol. The minimum Gasteiger partial charge on any atom is -0.336 e. The molecule has 2 aliphatic heterocycles. The molecule has 0 aromatic carbocycles. The van der Waals surface area contributed by atoms with Gasteiger partial charge in [-0.1, -0.05) is 0 Å². The molecular formula is C11H20N2O. The van der Waals surface area contributed by atoms with Crippen LogP contribution in [0.15, 0.2) is 0 Å². The third-order valence-corrected chi connectivity index (χ3v) is 3.27. The standard InChI is InChI=1S/C11H20N2O/c1-11(2,3)13-7-9-5-4-8(12-9)6-10(13)14/h8-9,12H,4-7H2,1-3H3/t8-,9+/m1/s1. The summed E-state index contributed by atoms with van der Waals surface area (Å²) in [5, 5.41) is 3.52. The van der Waals surface area contributed by atoms with Gasteiger partial charge in [0.1, 0.15) is 0 Å². The highest BCUT2D eigenvalue weighted by Crippen LogP contribution is 2.25. The Bertz CT molecular complexity index is 244. The van der Waals surface area contributed by atoms with E-state index in [2.05, 4.69) is 26.1 Å². The Morgan fingerprint density at radius 1 is 1.29 bits per heavy atom. The minimum absolute atomic E-state index is 0.0246. The Kier molecular flexibility index (Phi) is 2.30. The molecule has 2 aliphatic rings. The predicted molar refractivity (Wildman–Crippen MR) is 56.0 cm³/mol. The van der Waals surface area contributed by atoms with Gasteiger partial charge in [-0.25, -0.2) is 0 Å². The number of amides is 1. The van der Waals surface area contributed by atoms with E-state index in [0.717, 1.165) is 6.54 Å². The van der Waals surface area contributed by atoms with Crippen LogP contribution in [0.25, 0.3) is 0 Å². The fourth-order valence-corrected chi connectivity index (χ4v) is 2.50. The second kappa shape index (κ2) is 3.23. The van der Waals surface area contributed by atoms with E-state index in [-0.39, 0.29) is 5.54 Å². The van der Waals surface area contributed by atoms with E-state index in [1.54, 1.807) is 0 Å². The van der Waals surface area contributed by atoms with Gasteiger partial charge in [-0.2, -0.15) is 0 Å². The molecule has 0 aliphatic carbocycles. The highest BCUT2D eigenvalue weighted by molar-refractivity contribution is 5.78. The average Bonchev–Trinajstić information content (AvgIpc) is 2.36. The highest BCUT2D eigenvalue weighted by atomic mass is 16.2. The van der Waals surface area contributed by atoms with Crippen molar-refractivity contribution in [1.29, 1.82) is 0 Å². The predicted octanol–water partition coefficient (Wildman–Crippen LogP) is 1.14. The van der Waals surface area contributed by atoms with Gasteiger partial charge in [-0.3, -0.25) is 4.79 Å². The van der Waals surface area contributed by atoms with Crippen molar-refractivity contribution >= 4 is 5.91 Å². The maximum Gasteiger partial charge on any atom is 0.224 e. The summed E-state index contributed by atoms with van der Waals surface area (Å²) in [6, 6.07) is 0.977. The Morgan fingerprint density at radius 2 is 1.93 bits per heavy atom. The SMILES string of the molecule is CC(C)(C)N1C[C@@H]2CC[C@H](CC1=O)N2. The molecule has 2 atom stereocenters. The summed E-state index contributed by atoms with van der Waals surface area (Å²) in [7, 11) is 0. The van der Waals surface area contributed by atoms with Crippen molar-refractivity contribution in [2.75, 3.05) is 6.54 Å². The van der Waals surface area contributed by atoms with E-state index in [1.165, 1.54) is 12.8 Å². The van der Waals surface area contributed by atoms with E-state index in [0.29, 0.717) is 24.4 Å². The molecule has 0 saturated carbocycles. The second-order valence-corrected chi connectivity index (χ2v) is 5.52. The molecule has 0 spiro atoms. The molecule has 0 radical (unpaired) electrons. The molecule has 1 N–H and O–H groups in total. The van der Waals surface area contributed by atoms with Crippen molar-refractivity contribution in [3.63, 3.8) is 0 Å². The number of carbonyl (C=O) groups excluding carboxylic acids is 1. The topological polar surface area (TPSA) is 32.3 Å². The number of nitrogens with one attached hydrogen (secondary N) is 1. The Balaban J connectivity index is 2.15. The minimum atomic E-state index is -0.0246. The third-order valence-electron chi connectivity index (χ3n) is 3.27. The molecular weight excluding hydrogens is 176 g/mol. The van der Waals surface area contributed by atoms with Gasteiger partial charge in [0, 0.05) is 30.6 Å². The molecule has 1 amide bonds. The smallest absolute Gasteiger partial charge is 0.224 e. The summed E-state index contributed by atoms with van der Waals surface area (Å²) < 4.78 is 0. The first-order valence-corrected chi connectivity index (χ1v) is 5.53. The first kappa shape index (κ1) is 9.97. The van der Waals surface area contributed by atoms with Gasteiger partial charge in [-0.05, 0) is 33.6 Å². The molecule has 2 rings (SSSR count). The van der Waals surface area contributed by atoms with Gasteiger partial charge in [0.25, 0.3) is 0 Å². The molecule has 14 heavy (non-hydrogen) atoms. The zero-order chi connectivity index (χ0) is 10.3. The molecule has 2 saturated heterocycles. The quantitative estimate of drug-likeness (QED) is 0.630. The van der Waals surface area contributed by atoms with E-state index in [4.69, 9.17) is 0 Å². The van der Waals surface area contributed by atoms with Gasteiger partial charge in [0.05, 0.1) is 0 Å². The largest absolute Gasteiger partial charge is 0.336 e. The van der Waals surface area contributed by atoms with E-state index in [1.807, 2.05) is 4.90 Å². The van der Waals surface area contributed by atoms with Gasteiger partial charge < -0.3 is 10.2 Å². The van der Waals surface area contributed by atoms with Crippen LogP contribution in [0.4, 0.5) is 0 Å². The lowest BCUT2D eigenvalue weighted by Gasteiger charge is -2.36. The maximum absolute atomic E-state index is 11.9. The van der Waals surface area contributed by atoms with Crippen LogP contribution in [0, 0.1) is 0 Å². The molecule has 2 heterocycles. The Morgan fingerprint density at radius 3 is 2.57 bits per heavy atom. The maximum atomic E-state index is 11.9. The lowest BCUT2D eigenvalue weighted by Crippen LogP contribution is -2.48. The van der Waals surface area contributed by atoms with Crippen LogP contribution in [-0.4, -0.2) is 35.0 Å². The summed E-state index contributed by atoms with van der Waals surface area (Å²) >= 11 is 0. The van der Waals surface area contributed by atoms with Gasteiger partial charge in [0.15, 0.2) is 0 Å². The van der Waals surface area contributed by atoms with E-state index in [9.17, 15) is 4.79 Å². The van der Waals surface area contributed by atoms with Gasteiger partial charge in [-0.15, -0.1) is 0 Å². The molecule has 0 aromatic rings. The third kappa shape index (κ3) is 1.78. The van der Waals surface area contributed by atoms with Crippen LogP contribution in [0.2, 0.25) is 0 Å². The fraction of sp³-hybridized carbons (Fsp3) is 0.909. The molecule has 2 bridgehead atoms.